The van der Waals surface area contributed by atoms with Gasteiger partial charge in [-0.15, -0.1) is 11.3 Å². The topological polar surface area (TPSA) is 57.8 Å². The number of nitrogens with zero attached hydrogens (tertiary/aromatic N) is 3. The van der Waals surface area contributed by atoms with Gasteiger partial charge in [-0.05, 0) is 12.5 Å². The Kier molecular flexibility index (Phi) is 3.32. The Bertz CT molecular complexity index is 685. The quantitative estimate of drug-likeness (QED) is 0.883. The van der Waals surface area contributed by atoms with E-state index in [1.807, 2.05) is 22.9 Å². The average Bonchev–Trinajstić information content (AvgIpc) is 2.93. The van der Waals surface area contributed by atoms with Gasteiger partial charge in [-0.1, -0.05) is 18.5 Å². The lowest BCUT2D eigenvalue weighted by atomic mass is 9.91. The second-order valence-electron chi connectivity index (χ2n) is 4.95. The predicted octanol–water partition coefficient (Wildman–Crippen LogP) is 2.05. The molecule has 0 radical (unpaired) electrons. The molecule has 106 valence electrons. The Labute approximate surface area is 125 Å². The molecule has 0 aliphatic carbocycles. The van der Waals surface area contributed by atoms with Crippen LogP contribution in [-0.2, 0) is 4.79 Å². The number of hydrogen-bond acceptors (Lipinski definition) is 4. The van der Waals surface area contributed by atoms with E-state index in [0.29, 0.717) is 30.4 Å². The molecule has 1 aliphatic rings. The van der Waals surface area contributed by atoms with Crippen LogP contribution in [-0.4, -0.2) is 44.0 Å². The van der Waals surface area contributed by atoms with Gasteiger partial charge in [0, 0.05) is 17.7 Å². The number of imidazole rings is 1. The van der Waals surface area contributed by atoms with Crippen molar-refractivity contribution in [1.29, 1.82) is 0 Å². The molecule has 1 N–H and O–H groups in total. The molecule has 1 aliphatic heterocycles. The minimum atomic E-state index is -0.710. The molecule has 0 aromatic carbocycles. The van der Waals surface area contributed by atoms with Crippen LogP contribution in [0.5, 0.6) is 0 Å². The molecular formula is C13H14ClN3O2S. The van der Waals surface area contributed by atoms with Crippen LogP contribution < -0.4 is 0 Å². The fourth-order valence-electron chi connectivity index (χ4n) is 2.23. The van der Waals surface area contributed by atoms with E-state index < -0.39 is 5.60 Å². The summed E-state index contributed by atoms with van der Waals surface area (Å²) in [5.74, 6) is -0.121. The highest BCUT2D eigenvalue weighted by molar-refractivity contribution is 7.15. The van der Waals surface area contributed by atoms with Crippen LogP contribution in [0.4, 0.5) is 0 Å². The van der Waals surface area contributed by atoms with Crippen LogP contribution in [0.15, 0.2) is 17.7 Å². The molecule has 2 aromatic rings. The van der Waals surface area contributed by atoms with Crippen molar-refractivity contribution < 1.29 is 9.90 Å². The van der Waals surface area contributed by atoms with Crippen LogP contribution in [0, 0.1) is 0 Å². The lowest BCUT2D eigenvalue weighted by molar-refractivity contribution is -0.150. The van der Waals surface area contributed by atoms with Crippen LogP contribution in [0.2, 0.25) is 5.15 Å². The van der Waals surface area contributed by atoms with Crippen molar-refractivity contribution in [2.75, 3.05) is 13.1 Å². The number of halogens is 1. The molecular weight excluding hydrogens is 298 g/mol. The Balaban J connectivity index is 1.73. The maximum absolute atomic E-state index is 12.0. The zero-order chi connectivity index (χ0) is 14.3. The van der Waals surface area contributed by atoms with E-state index in [4.69, 9.17) is 11.6 Å². The highest BCUT2D eigenvalue weighted by atomic mass is 35.5. The second kappa shape index (κ2) is 4.87. The van der Waals surface area contributed by atoms with E-state index in [1.165, 1.54) is 17.4 Å². The van der Waals surface area contributed by atoms with E-state index in [9.17, 15) is 9.90 Å². The molecule has 0 unspecified atom stereocenters. The lowest BCUT2D eigenvalue weighted by Gasteiger charge is -2.45. The van der Waals surface area contributed by atoms with Crippen molar-refractivity contribution in [2.45, 2.75) is 18.9 Å². The van der Waals surface area contributed by atoms with Crippen LogP contribution in [0.25, 0.3) is 11.0 Å². The summed E-state index contributed by atoms with van der Waals surface area (Å²) in [7, 11) is 0. The van der Waals surface area contributed by atoms with Gasteiger partial charge in [-0.3, -0.25) is 9.20 Å². The number of likely N-dealkylation sites (tertiary alicyclic amines) is 1. The van der Waals surface area contributed by atoms with Gasteiger partial charge in [-0.2, -0.15) is 0 Å². The van der Waals surface area contributed by atoms with Crippen molar-refractivity contribution >= 4 is 39.9 Å². The van der Waals surface area contributed by atoms with Gasteiger partial charge in [0.15, 0.2) is 10.1 Å². The number of amides is 1. The van der Waals surface area contributed by atoms with Gasteiger partial charge in [0.1, 0.15) is 0 Å². The normalized spacial score (nSPS) is 17.9. The van der Waals surface area contributed by atoms with E-state index >= 15 is 0 Å². The average molecular weight is 312 g/mol. The number of thiazole rings is 1. The minimum absolute atomic E-state index is 0.121. The molecule has 7 heteroatoms. The van der Waals surface area contributed by atoms with E-state index in [0.717, 1.165) is 4.96 Å². The Hall–Kier alpha value is -1.37. The minimum Gasteiger partial charge on any atom is -0.386 e. The summed E-state index contributed by atoms with van der Waals surface area (Å²) in [5.41, 5.74) is -0.0131. The second-order valence-corrected chi connectivity index (χ2v) is 6.18. The predicted molar refractivity (Wildman–Crippen MR) is 78.9 cm³/mol. The van der Waals surface area contributed by atoms with Gasteiger partial charge in [0.05, 0.1) is 24.4 Å². The zero-order valence-electron chi connectivity index (χ0n) is 10.9. The van der Waals surface area contributed by atoms with E-state index in [2.05, 4.69) is 4.98 Å². The van der Waals surface area contributed by atoms with Crippen molar-refractivity contribution in [2.24, 2.45) is 0 Å². The zero-order valence-corrected chi connectivity index (χ0v) is 12.5. The molecule has 1 amide bonds. The third kappa shape index (κ3) is 2.24. The molecule has 3 rings (SSSR count). The van der Waals surface area contributed by atoms with Gasteiger partial charge < -0.3 is 10.0 Å². The van der Waals surface area contributed by atoms with Crippen molar-refractivity contribution in [3.63, 3.8) is 0 Å². The number of hydrogen-bond donors (Lipinski definition) is 1. The third-order valence-electron chi connectivity index (χ3n) is 3.58. The smallest absolute Gasteiger partial charge is 0.246 e. The van der Waals surface area contributed by atoms with Crippen molar-refractivity contribution in [3.8, 4) is 0 Å². The number of β-amino-alcohol motifs (C(OH)–C–C–N with tert-alkyl or cyclic N) is 1. The maximum Gasteiger partial charge on any atom is 0.246 e. The maximum atomic E-state index is 12.0. The number of aromatic nitrogens is 2. The SMILES string of the molecule is CCC1(O)CN(C(=O)C=Cc2c(Cl)nc3sccn23)C1. The fraction of sp³-hybridized carbons (Fsp3) is 0.385. The number of carbonyl (C=O) groups is 1. The standard InChI is InChI=1S/C13H14ClN3O2S/c1-2-13(19)7-16(8-13)10(18)4-3-9-11(14)15-12-17(9)5-6-20-12/h3-6,19H,2,7-8H2,1H3. The highest BCUT2D eigenvalue weighted by Gasteiger charge is 2.41. The summed E-state index contributed by atoms with van der Waals surface area (Å²) in [5, 5.41) is 12.2. The molecule has 20 heavy (non-hydrogen) atoms. The molecule has 5 nitrogen and oxygen atoms in total. The third-order valence-corrected chi connectivity index (χ3v) is 4.61. The monoisotopic (exact) mass is 311 g/mol. The summed E-state index contributed by atoms with van der Waals surface area (Å²) in [6.45, 7) is 2.69. The van der Waals surface area contributed by atoms with E-state index in [1.54, 1.807) is 11.0 Å². The lowest BCUT2D eigenvalue weighted by Crippen LogP contribution is -2.62. The molecule has 1 fully saturated rings. The number of carbonyl (C=O) groups excluding carboxylic acids is 1. The summed E-state index contributed by atoms with van der Waals surface area (Å²) in [4.78, 5) is 18.6. The van der Waals surface area contributed by atoms with Crippen molar-refractivity contribution in [3.05, 3.63) is 28.5 Å². The van der Waals surface area contributed by atoms with Gasteiger partial charge in [0.25, 0.3) is 0 Å². The molecule has 1 saturated heterocycles. The molecule has 0 bridgehead atoms. The number of fused-ring (bicyclic) bond motifs is 1. The Morgan fingerprint density at radius 2 is 2.40 bits per heavy atom. The number of rotatable bonds is 3. The van der Waals surface area contributed by atoms with Crippen LogP contribution in [0.3, 0.4) is 0 Å². The van der Waals surface area contributed by atoms with Crippen LogP contribution >= 0.6 is 22.9 Å². The molecule has 2 aromatic heterocycles. The highest BCUT2D eigenvalue weighted by Crippen LogP contribution is 2.25. The Morgan fingerprint density at radius 3 is 3.10 bits per heavy atom. The first-order valence-corrected chi connectivity index (χ1v) is 7.58. The van der Waals surface area contributed by atoms with E-state index in [-0.39, 0.29) is 5.91 Å². The first-order chi connectivity index (χ1) is 9.52. The molecule has 0 saturated carbocycles. The molecule has 0 spiro atoms. The first kappa shape index (κ1) is 13.6. The summed E-state index contributed by atoms with van der Waals surface area (Å²) < 4.78 is 1.84. The molecule has 0 atom stereocenters. The summed E-state index contributed by atoms with van der Waals surface area (Å²) >= 11 is 7.53. The molecule has 3 heterocycles. The number of aliphatic hydroxyl groups is 1. The fourth-order valence-corrected chi connectivity index (χ4v) is 3.23. The van der Waals surface area contributed by atoms with Gasteiger partial charge in [0.2, 0.25) is 5.91 Å². The van der Waals surface area contributed by atoms with Crippen molar-refractivity contribution in [1.82, 2.24) is 14.3 Å². The first-order valence-electron chi connectivity index (χ1n) is 6.33. The Morgan fingerprint density at radius 1 is 1.65 bits per heavy atom. The van der Waals surface area contributed by atoms with Crippen LogP contribution in [0.1, 0.15) is 19.0 Å². The summed E-state index contributed by atoms with van der Waals surface area (Å²) in [6.07, 6.45) is 5.66. The summed E-state index contributed by atoms with van der Waals surface area (Å²) in [6, 6.07) is 0. The largest absolute Gasteiger partial charge is 0.386 e. The van der Waals surface area contributed by atoms with Gasteiger partial charge >= 0.3 is 0 Å². The van der Waals surface area contributed by atoms with Gasteiger partial charge in [-0.25, -0.2) is 4.98 Å².